The minimum atomic E-state index is 0.242. The molecule has 0 unspecified atom stereocenters. The average Bonchev–Trinajstić information content (AvgIpc) is 3.35. The van der Waals surface area contributed by atoms with E-state index in [2.05, 4.69) is 63.4 Å². The molecule has 1 aliphatic rings. The van der Waals surface area contributed by atoms with Crippen LogP contribution in [0.4, 0.5) is 0 Å². The summed E-state index contributed by atoms with van der Waals surface area (Å²) in [5.74, 6) is 3.42. The van der Waals surface area contributed by atoms with Crippen molar-refractivity contribution in [2.75, 3.05) is 24.6 Å². The lowest BCUT2D eigenvalue weighted by Crippen LogP contribution is -3.14. The number of rotatable bonds is 6. The van der Waals surface area contributed by atoms with Gasteiger partial charge in [0.05, 0.1) is 18.0 Å². The molecule has 1 fully saturated rings. The lowest BCUT2D eigenvalue weighted by molar-refractivity contribution is -0.922. The zero-order valence-electron chi connectivity index (χ0n) is 14.0. The molecule has 0 radical (unpaired) electrons. The van der Waals surface area contributed by atoms with Gasteiger partial charge in [-0.15, -0.1) is 16.4 Å². The Labute approximate surface area is 156 Å². The summed E-state index contributed by atoms with van der Waals surface area (Å²) in [5.41, 5.74) is 1.32. The van der Waals surface area contributed by atoms with E-state index in [0.717, 1.165) is 18.8 Å². The fraction of sp³-hybridized carbons (Fsp3) is 0.389. The molecule has 1 aliphatic heterocycles. The van der Waals surface area contributed by atoms with Crippen LogP contribution in [0.1, 0.15) is 22.3 Å². The normalized spacial score (nSPS) is 16.8. The minimum Gasteiger partial charge on any atom is -0.320 e. The van der Waals surface area contributed by atoms with Gasteiger partial charge in [-0.05, 0) is 33.9 Å². The number of thiophene rings is 1. The van der Waals surface area contributed by atoms with Crippen LogP contribution in [0.5, 0.6) is 0 Å². The summed E-state index contributed by atoms with van der Waals surface area (Å²) in [6, 6.07) is 15.1. The Morgan fingerprint density at radius 1 is 1.08 bits per heavy atom. The second-order valence-corrected chi connectivity index (χ2v) is 8.42. The third-order valence-electron chi connectivity index (χ3n) is 4.64. The van der Waals surface area contributed by atoms with Gasteiger partial charge in [-0.25, -0.2) is 4.68 Å². The minimum absolute atomic E-state index is 0.242. The van der Waals surface area contributed by atoms with Gasteiger partial charge in [0, 0.05) is 18.1 Å². The van der Waals surface area contributed by atoms with Gasteiger partial charge in [-0.2, -0.15) is 11.8 Å². The van der Waals surface area contributed by atoms with E-state index in [-0.39, 0.29) is 6.04 Å². The summed E-state index contributed by atoms with van der Waals surface area (Å²) >= 11 is 3.86. The van der Waals surface area contributed by atoms with E-state index in [1.807, 2.05) is 27.8 Å². The maximum absolute atomic E-state index is 4.44. The van der Waals surface area contributed by atoms with Crippen LogP contribution in [0.2, 0.25) is 0 Å². The Hall–Kier alpha value is -1.70. The summed E-state index contributed by atoms with van der Waals surface area (Å²) in [7, 11) is 0. The molecule has 7 heteroatoms. The van der Waals surface area contributed by atoms with Crippen molar-refractivity contribution in [2.45, 2.75) is 19.0 Å². The quantitative estimate of drug-likeness (QED) is 0.715. The summed E-state index contributed by atoms with van der Waals surface area (Å²) in [5, 5.41) is 14.9. The number of tetrazole rings is 1. The molecule has 0 spiro atoms. The lowest BCUT2D eigenvalue weighted by Gasteiger charge is -2.29. The predicted molar refractivity (Wildman–Crippen MR) is 102 cm³/mol. The molecular weight excluding hydrogens is 350 g/mol. The predicted octanol–water partition coefficient (Wildman–Crippen LogP) is 1.70. The number of hydrogen-bond donors (Lipinski definition) is 1. The largest absolute Gasteiger partial charge is 0.320 e. The topological polar surface area (TPSA) is 48.0 Å². The van der Waals surface area contributed by atoms with Gasteiger partial charge >= 0.3 is 0 Å². The van der Waals surface area contributed by atoms with Crippen LogP contribution in [0, 0.1) is 0 Å². The van der Waals surface area contributed by atoms with Crippen molar-refractivity contribution < 1.29 is 4.90 Å². The smallest absolute Gasteiger partial charge is 0.215 e. The monoisotopic (exact) mass is 372 g/mol. The van der Waals surface area contributed by atoms with Crippen LogP contribution in [-0.2, 0) is 13.0 Å². The standard InChI is InChI=1S/C18H21N5S2/c1-2-5-15(6-3-1)8-9-23-18(19-20-21-23)17(16-7-4-12-25-16)22-10-13-24-14-11-22/h1-7,12,17H,8-11,13-14H2/p+1/t17-/m1/s1. The van der Waals surface area contributed by atoms with Gasteiger partial charge in [0.2, 0.25) is 5.82 Å². The summed E-state index contributed by atoms with van der Waals surface area (Å²) in [6.07, 6.45) is 0.946. The molecule has 1 N–H and O–H groups in total. The molecule has 0 bridgehead atoms. The Bertz CT molecular complexity index is 766. The van der Waals surface area contributed by atoms with Crippen LogP contribution in [-0.4, -0.2) is 44.8 Å². The number of nitrogens with zero attached hydrogens (tertiary/aromatic N) is 4. The van der Waals surface area contributed by atoms with Crippen molar-refractivity contribution in [3.63, 3.8) is 0 Å². The van der Waals surface area contributed by atoms with Crippen LogP contribution >= 0.6 is 23.1 Å². The number of aromatic nitrogens is 4. The number of nitrogens with one attached hydrogen (secondary N) is 1. The van der Waals surface area contributed by atoms with Gasteiger partial charge in [-0.1, -0.05) is 36.4 Å². The van der Waals surface area contributed by atoms with Gasteiger partial charge in [0.15, 0.2) is 6.04 Å². The molecule has 0 saturated carbocycles. The highest BCUT2D eigenvalue weighted by atomic mass is 32.2. The SMILES string of the molecule is c1ccc(CCn2nnnc2[C@@H](c2cccs2)[NH+]2CCSCC2)cc1. The Balaban J connectivity index is 1.58. The third kappa shape index (κ3) is 3.94. The number of hydrogen-bond acceptors (Lipinski definition) is 5. The molecule has 25 heavy (non-hydrogen) atoms. The molecule has 4 rings (SSSR count). The van der Waals surface area contributed by atoms with Crippen molar-refractivity contribution in [1.29, 1.82) is 0 Å². The van der Waals surface area contributed by atoms with Crippen LogP contribution in [0.3, 0.4) is 0 Å². The second-order valence-electron chi connectivity index (χ2n) is 6.21. The highest BCUT2D eigenvalue weighted by molar-refractivity contribution is 7.99. The van der Waals surface area contributed by atoms with E-state index in [0.29, 0.717) is 0 Å². The van der Waals surface area contributed by atoms with Crippen molar-refractivity contribution in [2.24, 2.45) is 0 Å². The van der Waals surface area contributed by atoms with Crippen molar-refractivity contribution in [3.8, 4) is 0 Å². The molecule has 3 aromatic rings. The third-order valence-corrected chi connectivity index (χ3v) is 6.57. The number of benzene rings is 1. The molecule has 130 valence electrons. The van der Waals surface area contributed by atoms with Crippen LogP contribution in [0.15, 0.2) is 47.8 Å². The first-order valence-corrected chi connectivity index (χ1v) is 10.7. The summed E-state index contributed by atoms with van der Waals surface area (Å²) in [6.45, 7) is 3.15. The zero-order valence-corrected chi connectivity index (χ0v) is 15.7. The second kappa shape index (κ2) is 8.12. The van der Waals surface area contributed by atoms with Crippen molar-refractivity contribution in [3.05, 3.63) is 64.1 Å². The number of thioether (sulfide) groups is 1. The van der Waals surface area contributed by atoms with Gasteiger partial charge < -0.3 is 4.90 Å². The zero-order chi connectivity index (χ0) is 16.9. The summed E-state index contributed by atoms with van der Waals surface area (Å²) < 4.78 is 2.01. The van der Waals surface area contributed by atoms with Crippen molar-refractivity contribution >= 4 is 23.1 Å². The van der Waals surface area contributed by atoms with Gasteiger partial charge in [0.1, 0.15) is 0 Å². The fourth-order valence-corrected chi connectivity index (χ4v) is 5.24. The van der Waals surface area contributed by atoms with Crippen molar-refractivity contribution in [1.82, 2.24) is 20.2 Å². The van der Waals surface area contributed by atoms with Crippen LogP contribution < -0.4 is 4.90 Å². The van der Waals surface area contributed by atoms with E-state index in [4.69, 9.17) is 0 Å². The van der Waals surface area contributed by atoms with E-state index in [1.165, 1.54) is 35.0 Å². The Morgan fingerprint density at radius 2 is 1.92 bits per heavy atom. The maximum atomic E-state index is 4.44. The fourth-order valence-electron chi connectivity index (χ4n) is 3.35. The van der Waals surface area contributed by atoms with Gasteiger partial charge in [-0.3, -0.25) is 0 Å². The van der Waals surface area contributed by atoms with Crippen LogP contribution in [0.25, 0.3) is 0 Å². The molecule has 0 amide bonds. The lowest BCUT2D eigenvalue weighted by atomic mass is 10.1. The molecule has 1 aromatic carbocycles. The highest BCUT2D eigenvalue weighted by Crippen LogP contribution is 2.22. The highest BCUT2D eigenvalue weighted by Gasteiger charge is 2.33. The molecule has 1 atom stereocenters. The molecule has 3 heterocycles. The van der Waals surface area contributed by atoms with E-state index >= 15 is 0 Å². The molecule has 5 nitrogen and oxygen atoms in total. The van der Waals surface area contributed by atoms with E-state index in [9.17, 15) is 0 Å². The molecule has 2 aromatic heterocycles. The van der Waals surface area contributed by atoms with E-state index < -0.39 is 0 Å². The maximum Gasteiger partial charge on any atom is 0.215 e. The molecule has 0 aliphatic carbocycles. The molecular formula is C18H22N5S2+. The average molecular weight is 373 g/mol. The molecule has 1 saturated heterocycles. The first-order chi connectivity index (χ1) is 12.4. The Morgan fingerprint density at radius 3 is 2.68 bits per heavy atom. The number of aryl methyl sites for hydroxylation is 2. The summed E-state index contributed by atoms with van der Waals surface area (Å²) in [4.78, 5) is 2.94. The first-order valence-electron chi connectivity index (χ1n) is 8.67. The number of quaternary nitrogens is 1. The first kappa shape index (κ1) is 16.8. The van der Waals surface area contributed by atoms with E-state index in [1.54, 1.807) is 4.90 Å². The Kier molecular flexibility index (Phi) is 5.44. The van der Waals surface area contributed by atoms with Gasteiger partial charge in [0.25, 0.3) is 0 Å².